The van der Waals surface area contributed by atoms with Crippen LogP contribution in [0.3, 0.4) is 0 Å². The number of carbonyl (C=O) groups is 1. The number of carbonyl (C=O) groups excluding carboxylic acids is 1. The molecule has 1 N–H and O–H groups in total. The van der Waals surface area contributed by atoms with E-state index in [0.717, 1.165) is 11.5 Å². The second-order valence-electron chi connectivity index (χ2n) is 6.26. The molecule has 2 atom stereocenters. The molecule has 1 saturated heterocycles. The molecule has 128 valence electrons. The van der Waals surface area contributed by atoms with Crippen molar-refractivity contribution in [3.8, 4) is 0 Å². The largest absolute Gasteiger partial charge is 0.378 e. The molecule has 24 heavy (non-hydrogen) atoms. The number of nitrogens with zero attached hydrogens (tertiary/aromatic N) is 4. The zero-order valence-electron chi connectivity index (χ0n) is 14.3. The molecule has 1 amide bonds. The van der Waals surface area contributed by atoms with Gasteiger partial charge in [0.1, 0.15) is 6.33 Å². The molecule has 1 aliphatic heterocycles. The predicted molar refractivity (Wildman–Crippen MR) is 90.7 cm³/mol. The first-order valence-corrected chi connectivity index (χ1v) is 8.14. The summed E-state index contributed by atoms with van der Waals surface area (Å²) in [6.07, 6.45) is 1.82. The van der Waals surface area contributed by atoms with E-state index < -0.39 is 0 Å². The Labute approximate surface area is 141 Å². The summed E-state index contributed by atoms with van der Waals surface area (Å²) in [6, 6.07) is 7.53. The molecule has 2 unspecified atom stereocenters. The van der Waals surface area contributed by atoms with Gasteiger partial charge in [0.2, 0.25) is 0 Å². The number of rotatable bonds is 4. The van der Waals surface area contributed by atoms with Gasteiger partial charge in [0, 0.05) is 31.4 Å². The van der Waals surface area contributed by atoms with Crippen molar-refractivity contribution in [2.45, 2.75) is 32.6 Å². The molecule has 0 saturated carbocycles. The highest BCUT2D eigenvalue weighted by molar-refractivity contribution is 5.94. The average Bonchev–Trinajstić information content (AvgIpc) is 2.97. The van der Waals surface area contributed by atoms with Crippen LogP contribution in [0.4, 0.5) is 5.69 Å². The van der Waals surface area contributed by atoms with Crippen molar-refractivity contribution >= 4 is 11.6 Å². The molecule has 0 spiro atoms. The molecule has 1 fully saturated rings. The van der Waals surface area contributed by atoms with Crippen molar-refractivity contribution in [1.29, 1.82) is 0 Å². The number of benzene rings is 1. The normalized spacial score (nSPS) is 20.9. The number of hydrogen-bond donors (Lipinski definition) is 1. The summed E-state index contributed by atoms with van der Waals surface area (Å²) in [7, 11) is 1.91. The zero-order valence-corrected chi connectivity index (χ0v) is 14.3. The molecular formula is C17H23N5O2. The lowest BCUT2D eigenvalue weighted by atomic mass is 10.1. The summed E-state index contributed by atoms with van der Waals surface area (Å²) in [6.45, 7) is 5.85. The van der Waals surface area contributed by atoms with E-state index in [-0.39, 0.29) is 18.1 Å². The summed E-state index contributed by atoms with van der Waals surface area (Å²) in [5.41, 5.74) is 1.64. The summed E-state index contributed by atoms with van der Waals surface area (Å²) >= 11 is 0. The maximum atomic E-state index is 12.6. The summed E-state index contributed by atoms with van der Waals surface area (Å²) in [5, 5.41) is 11.2. The van der Waals surface area contributed by atoms with Crippen molar-refractivity contribution in [2.75, 3.05) is 18.4 Å². The van der Waals surface area contributed by atoms with Gasteiger partial charge in [0.25, 0.3) is 5.91 Å². The van der Waals surface area contributed by atoms with E-state index in [2.05, 4.69) is 15.5 Å². The van der Waals surface area contributed by atoms with Crippen molar-refractivity contribution in [2.24, 2.45) is 7.05 Å². The fraction of sp³-hybridized carbons (Fsp3) is 0.471. The monoisotopic (exact) mass is 329 g/mol. The standard InChI is InChI=1S/C17H23N5O2/c1-12-9-22(10-13(2)24-12)17(23)14-4-6-15(7-5-14)18-8-16-20-19-11-21(16)3/h4-7,11-13,18H,8-10H2,1-3H3. The second kappa shape index (κ2) is 7.00. The van der Waals surface area contributed by atoms with E-state index in [1.807, 2.05) is 54.6 Å². The molecule has 7 nitrogen and oxygen atoms in total. The first-order valence-electron chi connectivity index (χ1n) is 8.14. The summed E-state index contributed by atoms with van der Waals surface area (Å²) in [4.78, 5) is 14.5. The zero-order chi connectivity index (χ0) is 17.1. The van der Waals surface area contributed by atoms with Crippen LogP contribution in [0.1, 0.15) is 30.0 Å². The Bertz CT molecular complexity index is 687. The van der Waals surface area contributed by atoms with Gasteiger partial charge in [0.05, 0.1) is 18.8 Å². The van der Waals surface area contributed by atoms with Crippen LogP contribution in [-0.4, -0.2) is 50.9 Å². The van der Waals surface area contributed by atoms with Crippen molar-refractivity contribution in [3.63, 3.8) is 0 Å². The maximum absolute atomic E-state index is 12.6. The van der Waals surface area contributed by atoms with Crippen LogP contribution in [0, 0.1) is 0 Å². The lowest BCUT2D eigenvalue weighted by molar-refractivity contribution is -0.0586. The first-order chi connectivity index (χ1) is 11.5. The quantitative estimate of drug-likeness (QED) is 0.924. The smallest absolute Gasteiger partial charge is 0.254 e. The third-order valence-corrected chi connectivity index (χ3v) is 4.09. The Hall–Kier alpha value is -2.41. The lowest BCUT2D eigenvalue weighted by Gasteiger charge is -2.35. The minimum atomic E-state index is 0.0526. The van der Waals surface area contributed by atoms with E-state index >= 15 is 0 Å². The molecule has 2 aromatic rings. The van der Waals surface area contributed by atoms with E-state index in [4.69, 9.17) is 4.74 Å². The Morgan fingerprint density at radius 2 is 1.92 bits per heavy atom. The number of ether oxygens (including phenoxy) is 1. The molecule has 1 aromatic carbocycles. The molecule has 0 radical (unpaired) electrons. The first kappa shape index (κ1) is 16.4. The topological polar surface area (TPSA) is 72.3 Å². The summed E-state index contributed by atoms with van der Waals surface area (Å²) < 4.78 is 7.55. The number of morpholine rings is 1. The molecule has 7 heteroatoms. The Morgan fingerprint density at radius 3 is 2.50 bits per heavy atom. The van der Waals surface area contributed by atoms with Gasteiger partial charge in [-0.25, -0.2) is 0 Å². The predicted octanol–water partition coefficient (Wildman–Crippen LogP) is 1.68. The number of nitrogens with one attached hydrogen (secondary N) is 1. The SMILES string of the molecule is CC1CN(C(=O)c2ccc(NCc3nncn3C)cc2)CC(C)O1. The van der Waals surface area contributed by atoms with Gasteiger partial charge in [-0.2, -0.15) is 0 Å². The molecule has 2 heterocycles. The third kappa shape index (κ3) is 3.73. The van der Waals surface area contributed by atoms with Crippen LogP contribution in [0.5, 0.6) is 0 Å². The van der Waals surface area contributed by atoms with Gasteiger partial charge in [-0.15, -0.1) is 10.2 Å². The number of amides is 1. The van der Waals surface area contributed by atoms with Crippen molar-refractivity contribution in [3.05, 3.63) is 42.0 Å². The molecule has 1 aliphatic rings. The van der Waals surface area contributed by atoms with Gasteiger partial charge in [-0.1, -0.05) is 0 Å². The number of anilines is 1. The number of aromatic nitrogens is 3. The molecule has 0 aliphatic carbocycles. The van der Waals surface area contributed by atoms with Crippen LogP contribution in [-0.2, 0) is 18.3 Å². The van der Waals surface area contributed by atoms with Crippen LogP contribution in [0.15, 0.2) is 30.6 Å². The van der Waals surface area contributed by atoms with Crippen molar-refractivity contribution < 1.29 is 9.53 Å². The maximum Gasteiger partial charge on any atom is 0.254 e. The minimum Gasteiger partial charge on any atom is -0.378 e. The minimum absolute atomic E-state index is 0.0526. The van der Waals surface area contributed by atoms with E-state index in [1.165, 1.54) is 0 Å². The van der Waals surface area contributed by atoms with Crippen molar-refractivity contribution in [1.82, 2.24) is 19.7 Å². The number of hydrogen-bond acceptors (Lipinski definition) is 5. The van der Waals surface area contributed by atoms with Gasteiger partial charge in [-0.3, -0.25) is 4.79 Å². The lowest BCUT2D eigenvalue weighted by Crippen LogP contribution is -2.48. The highest BCUT2D eigenvalue weighted by atomic mass is 16.5. The second-order valence-corrected chi connectivity index (χ2v) is 6.26. The van der Waals surface area contributed by atoms with Gasteiger partial charge in [0.15, 0.2) is 5.82 Å². The van der Waals surface area contributed by atoms with E-state index in [9.17, 15) is 4.79 Å². The Balaban J connectivity index is 1.61. The fourth-order valence-electron chi connectivity index (χ4n) is 2.91. The third-order valence-electron chi connectivity index (χ3n) is 4.09. The summed E-state index contributed by atoms with van der Waals surface area (Å²) in [5.74, 6) is 0.906. The van der Waals surface area contributed by atoms with Gasteiger partial charge >= 0.3 is 0 Å². The molecule has 1 aromatic heterocycles. The Morgan fingerprint density at radius 1 is 1.25 bits per heavy atom. The van der Waals surface area contributed by atoms with Gasteiger partial charge < -0.3 is 19.5 Å². The van der Waals surface area contributed by atoms with Crippen LogP contribution >= 0.6 is 0 Å². The molecule has 0 bridgehead atoms. The number of aryl methyl sites for hydroxylation is 1. The van der Waals surface area contributed by atoms with Gasteiger partial charge in [-0.05, 0) is 38.1 Å². The average molecular weight is 329 g/mol. The fourth-order valence-corrected chi connectivity index (χ4v) is 2.91. The Kier molecular flexibility index (Phi) is 4.80. The van der Waals surface area contributed by atoms with Crippen LogP contribution < -0.4 is 5.32 Å². The van der Waals surface area contributed by atoms with E-state index in [0.29, 0.717) is 25.2 Å². The van der Waals surface area contributed by atoms with Crippen LogP contribution in [0.2, 0.25) is 0 Å². The van der Waals surface area contributed by atoms with Crippen LogP contribution in [0.25, 0.3) is 0 Å². The molecular weight excluding hydrogens is 306 g/mol. The molecule has 3 rings (SSSR count). The van der Waals surface area contributed by atoms with E-state index in [1.54, 1.807) is 6.33 Å². The highest BCUT2D eigenvalue weighted by Crippen LogP contribution is 2.16. The highest BCUT2D eigenvalue weighted by Gasteiger charge is 2.26.